The first-order valence-corrected chi connectivity index (χ1v) is 2.51. The van der Waals surface area contributed by atoms with Gasteiger partial charge in [-0.15, -0.1) is 0 Å². The summed E-state index contributed by atoms with van der Waals surface area (Å²) in [7, 11) is 0. The van der Waals surface area contributed by atoms with Crippen LogP contribution in [0.1, 0.15) is 11.9 Å². The molecule has 0 rings (SSSR count). The van der Waals surface area contributed by atoms with E-state index in [4.69, 9.17) is 15.7 Å². The minimum absolute atomic E-state index is 0.661. The summed E-state index contributed by atoms with van der Waals surface area (Å²) in [4.78, 5) is 0. The molecule has 7 heavy (non-hydrogen) atoms. The van der Waals surface area contributed by atoms with Gasteiger partial charge >= 0.3 is 0 Å². The Labute approximate surface area is 56.9 Å². The summed E-state index contributed by atoms with van der Waals surface area (Å²) in [6.45, 7) is -2.54. The van der Waals surface area contributed by atoms with E-state index in [9.17, 15) is 0 Å². The molecule has 0 aliphatic carbocycles. The van der Waals surface area contributed by atoms with Gasteiger partial charge in [-0.1, -0.05) is 15.9 Å². The topological polar surface area (TPSA) is 40.5 Å². The molecule has 0 aromatic heterocycles. The fraction of sp³-hybridized carbons (Fsp3) is 1.00. The number of hydrogen-bond acceptors (Lipinski definition) is 2. The van der Waals surface area contributed by atoms with Crippen LogP contribution in [0.3, 0.4) is 0 Å². The van der Waals surface area contributed by atoms with Gasteiger partial charge in [-0.2, -0.15) is 0 Å². The Balaban J connectivity index is 3.99. The van der Waals surface area contributed by atoms with E-state index in [1.54, 1.807) is 0 Å². The van der Waals surface area contributed by atoms with E-state index < -0.39 is 24.4 Å². The zero-order valence-corrected chi connectivity index (χ0v) is 5.14. The highest BCUT2D eigenvalue weighted by molar-refractivity contribution is 9.09. The van der Waals surface area contributed by atoms with Gasteiger partial charge < -0.3 is 10.2 Å². The van der Waals surface area contributed by atoms with E-state index in [-0.39, 0.29) is 0 Å². The minimum Gasteiger partial charge on any atom is -0.396 e. The monoisotopic (exact) mass is 172 g/mol. The van der Waals surface area contributed by atoms with Crippen molar-refractivity contribution in [2.75, 3.05) is 11.8 Å². The number of halogens is 1. The van der Waals surface area contributed by atoms with Crippen LogP contribution < -0.4 is 0 Å². The largest absolute Gasteiger partial charge is 0.396 e. The van der Waals surface area contributed by atoms with Crippen molar-refractivity contribution in [2.45, 2.75) is 12.5 Å². The molecule has 0 radical (unpaired) electrons. The average molecular weight is 173 g/mol. The zero-order valence-electron chi connectivity index (χ0n) is 7.56. The normalized spacial score (nSPS) is 26.7. The van der Waals surface area contributed by atoms with Gasteiger partial charge in [-0.05, 0) is 6.42 Å². The van der Waals surface area contributed by atoms with Gasteiger partial charge in [0.15, 0.2) is 0 Å². The molecule has 0 bridgehead atoms. The number of alkyl halides is 1. The van der Waals surface area contributed by atoms with Crippen molar-refractivity contribution in [3.05, 3.63) is 0 Å². The first-order chi connectivity index (χ1) is 4.63. The highest BCUT2D eigenvalue weighted by Crippen LogP contribution is 1.93. The average Bonchev–Trinajstić information content (AvgIpc) is 1.56. The molecule has 44 valence electrons. The molecule has 0 aliphatic heterocycles. The lowest BCUT2D eigenvalue weighted by Gasteiger charge is -2.00. The molecule has 0 amide bonds. The second kappa shape index (κ2) is 4.56. The molecule has 2 nitrogen and oxygen atoms in total. The highest BCUT2D eigenvalue weighted by Gasteiger charge is 1.96. The number of hydrogen-bond donors (Lipinski definition) is 2. The third-order valence-electron chi connectivity index (χ3n) is 0.411. The molecule has 1 atom stereocenters. The zero-order chi connectivity index (χ0) is 9.28. The Bertz CT molecular complexity index is 129. The molecule has 0 saturated heterocycles. The molecular weight excluding hydrogens is 160 g/mol. The van der Waals surface area contributed by atoms with Crippen molar-refractivity contribution in [1.29, 1.82) is 0 Å². The van der Waals surface area contributed by atoms with Gasteiger partial charge in [0, 0.05) is 14.6 Å². The third-order valence-corrected chi connectivity index (χ3v) is 0.939. The summed E-state index contributed by atoms with van der Waals surface area (Å²) in [6.07, 6.45) is -2.23. The second-order valence-electron chi connectivity index (χ2n) is 0.987. The first kappa shape index (κ1) is 2.80. The summed E-state index contributed by atoms with van der Waals surface area (Å²) in [5.41, 5.74) is 0. The highest BCUT2D eigenvalue weighted by atomic mass is 79.9. The Hall–Kier alpha value is 0.400. The lowest BCUT2D eigenvalue weighted by Crippen LogP contribution is -2.09. The van der Waals surface area contributed by atoms with Gasteiger partial charge in [0.2, 0.25) is 0 Å². The van der Waals surface area contributed by atoms with Crippen LogP contribution in [0.15, 0.2) is 0 Å². The fourth-order valence-electron chi connectivity index (χ4n) is 0.125. The van der Waals surface area contributed by atoms with Gasteiger partial charge in [0.25, 0.3) is 0 Å². The summed E-state index contributed by atoms with van der Waals surface area (Å²) in [6, 6.07) is 0. The van der Waals surface area contributed by atoms with Crippen LogP contribution >= 0.6 is 15.9 Å². The smallest absolute Gasteiger partial charge is 0.0658 e. The minimum atomic E-state index is -2.54. The van der Waals surface area contributed by atoms with Crippen LogP contribution in [-0.4, -0.2) is 28.2 Å². The lowest BCUT2D eigenvalue weighted by atomic mass is 10.3. The van der Waals surface area contributed by atoms with Crippen molar-refractivity contribution in [3.63, 3.8) is 0 Å². The molecule has 0 saturated carbocycles. The maximum absolute atomic E-state index is 8.90. The van der Waals surface area contributed by atoms with E-state index in [2.05, 4.69) is 15.9 Å². The van der Waals surface area contributed by atoms with E-state index in [0.717, 1.165) is 0 Å². The van der Waals surface area contributed by atoms with E-state index in [1.807, 2.05) is 0 Å². The Morgan fingerprint density at radius 1 is 1.86 bits per heavy atom. The molecule has 0 spiro atoms. The Morgan fingerprint density at radius 3 is 2.57 bits per heavy atom. The summed E-state index contributed by atoms with van der Waals surface area (Å²) in [5.74, 6) is 0. The van der Waals surface area contributed by atoms with Gasteiger partial charge in [0.05, 0.1) is 8.85 Å². The second-order valence-corrected chi connectivity index (χ2v) is 1.44. The molecule has 0 aliphatic rings. The van der Waals surface area contributed by atoms with Crippen molar-refractivity contribution in [1.82, 2.24) is 0 Å². The number of rotatable bonds is 3. The van der Waals surface area contributed by atoms with Crippen LogP contribution in [0.2, 0.25) is 0 Å². The third kappa shape index (κ3) is 4.25. The molecule has 0 aromatic rings. The molecule has 3 heteroatoms. The quantitative estimate of drug-likeness (QED) is 0.595. The molecule has 0 fully saturated rings. The van der Waals surface area contributed by atoms with Gasteiger partial charge in [-0.25, -0.2) is 0 Å². The molecule has 2 N–H and O–H groups in total. The summed E-state index contributed by atoms with van der Waals surface area (Å²) < 4.78 is 27.0. The van der Waals surface area contributed by atoms with Crippen molar-refractivity contribution >= 4 is 15.9 Å². The Kier molecular flexibility index (Phi) is 1.82. The van der Waals surface area contributed by atoms with Crippen LogP contribution in [0.4, 0.5) is 0 Å². The fourth-order valence-corrected chi connectivity index (χ4v) is 0.287. The van der Waals surface area contributed by atoms with Gasteiger partial charge in [-0.3, -0.25) is 0 Å². The standard InChI is InChI=1S/C4H9BrO2/c5-3-4(7)1-2-6/h4,6-7H,1-3H2/t4-/m0/s1/i2D2,3D2. The van der Waals surface area contributed by atoms with Crippen molar-refractivity contribution < 1.29 is 15.7 Å². The van der Waals surface area contributed by atoms with Crippen molar-refractivity contribution in [3.8, 4) is 0 Å². The van der Waals surface area contributed by atoms with E-state index >= 15 is 0 Å². The van der Waals surface area contributed by atoms with Crippen LogP contribution in [0.5, 0.6) is 0 Å². The SMILES string of the molecule is [2H]C([2H])(O)C[C@H](O)C([2H])([2H])Br. The maximum Gasteiger partial charge on any atom is 0.0658 e. The van der Waals surface area contributed by atoms with Gasteiger partial charge in [0.1, 0.15) is 0 Å². The molecule has 0 aromatic carbocycles. The van der Waals surface area contributed by atoms with Crippen LogP contribution in [0, 0.1) is 0 Å². The van der Waals surface area contributed by atoms with Crippen LogP contribution in [-0.2, 0) is 0 Å². The molecule has 0 unspecified atom stereocenters. The maximum atomic E-state index is 8.90. The van der Waals surface area contributed by atoms with E-state index in [1.165, 1.54) is 0 Å². The summed E-state index contributed by atoms with van der Waals surface area (Å²) in [5, 5.41) is 15.4. The predicted molar refractivity (Wildman–Crippen MR) is 31.5 cm³/mol. The number of aliphatic hydroxyl groups is 2. The Morgan fingerprint density at radius 2 is 2.43 bits per heavy atom. The van der Waals surface area contributed by atoms with E-state index in [0.29, 0.717) is 0 Å². The molecular formula is C4H9BrO2. The summed E-state index contributed by atoms with van der Waals surface area (Å²) >= 11 is 2.50. The molecule has 0 heterocycles. The first-order valence-electron chi connectivity index (χ1n) is 3.72. The van der Waals surface area contributed by atoms with Crippen LogP contribution in [0.25, 0.3) is 0 Å². The predicted octanol–water partition coefficient (Wildman–Crippen LogP) is 0.125. The lowest BCUT2D eigenvalue weighted by molar-refractivity contribution is 0.153. The van der Waals surface area contributed by atoms with Crippen molar-refractivity contribution in [2.24, 2.45) is 0 Å². The number of aliphatic hydroxyl groups excluding tert-OH is 1.